The molecule has 1 aromatic carbocycles. The number of ether oxygens (including phenoxy) is 2. The minimum absolute atomic E-state index is 0. The second-order valence-electron chi connectivity index (χ2n) is 8.92. The molecule has 11 heteroatoms. The molecule has 222 valence electrons. The first-order valence-electron chi connectivity index (χ1n) is 13.6. The molecule has 40 heavy (non-hydrogen) atoms. The van der Waals surface area contributed by atoms with E-state index >= 15 is 0 Å². The van der Waals surface area contributed by atoms with Crippen LogP contribution in [0.5, 0.6) is 11.5 Å². The maximum absolute atomic E-state index is 12.7. The number of rotatable bonds is 10. The SMILES string of the molecule is CCCCC[C@H](CC)Nc1cc2c(nn1)-c1c(O)cc(OC(F)(F)F)cc1COCCC2.CCC[C-]=O.[CH2-]C.[U+2]. The Labute approximate surface area is 260 Å². The van der Waals surface area contributed by atoms with Gasteiger partial charge in [-0.3, -0.25) is 6.29 Å². The third kappa shape index (κ3) is 13.7. The van der Waals surface area contributed by atoms with Crippen LogP contribution in [0.15, 0.2) is 18.2 Å². The van der Waals surface area contributed by atoms with E-state index in [-0.39, 0.29) is 49.5 Å². The van der Waals surface area contributed by atoms with E-state index in [1.807, 2.05) is 13.0 Å². The fraction of sp³-hybridized carbons (Fsp3) is 0.586. The average Bonchev–Trinajstić information content (AvgIpc) is 2.98. The number of hydrogen-bond acceptors (Lipinski definition) is 7. The molecule has 0 radical (unpaired) electrons. The summed E-state index contributed by atoms with van der Waals surface area (Å²) in [7, 11) is 0. The number of aromatic hydroxyl groups is 1. The fourth-order valence-corrected chi connectivity index (χ4v) is 4.02. The summed E-state index contributed by atoms with van der Waals surface area (Å²) in [6, 6.07) is 4.38. The number of hydrogen-bond donors (Lipinski definition) is 2. The minimum Gasteiger partial charge on any atom is -0.542 e. The summed E-state index contributed by atoms with van der Waals surface area (Å²) in [6.07, 6.45) is 5.27. The van der Waals surface area contributed by atoms with E-state index < -0.39 is 12.1 Å². The molecule has 3 rings (SSSR count). The first-order chi connectivity index (χ1) is 18.7. The van der Waals surface area contributed by atoms with Gasteiger partial charge in [0.15, 0.2) is 0 Å². The summed E-state index contributed by atoms with van der Waals surface area (Å²) >= 11 is 0. The molecular weight excluding hydrogens is 749 g/mol. The predicted molar refractivity (Wildman–Crippen MR) is 147 cm³/mol. The van der Waals surface area contributed by atoms with Gasteiger partial charge in [0.05, 0.1) is 6.61 Å². The van der Waals surface area contributed by atoms with Crippen LogP contribution in [-0.2, 0) is 22.6 Å². The summed E-state index contributed by atoms with van der Waals surface area (Å²) in [5.74, 6) is -0.193. The molecule has 1 aromatic heterocycles. The maximum Gasteiger partial charge on any atom is 2.00 e. The Balaban J connectivity index is 0.00000171. The molecule has 1 aliphatic rings. The van der Waals surface area contributed by atoms with Crippen LogP contribution in [-0.4, -0.2) is 40.6 Å². The molecule has 0 saturated heterocycles. The zero-order valence-electron chi connectivity index (χ0n) is 24.0. The Hall–Kier alpha value is -1.83. The average molecular weight is 792 g/mol. The van der Waals surface area contributed by atoms with Crippen LogP contribution in [0.3, 0.4) is 0 Å². The van der Waals surface area contributed by atoms with E-state index in [0.717, 1.165) is 43.7 Å². The minimum atomic E-state index is -4.86. The topological polar surface area (TPSA) is 93.6 Å². The molecule has 0 bridgehead atoms. The number of fused-ring (bicyclic) bond motifs is 3. The summed E-state index contributed by atoms with van der Waals surface area (Å²) in [6.45, 7) is 11.7. The molecule has 1 aliphatic heterocycles. The van der Waals surface area contributed by atoms with Crippen LogP contribution in [0.25, 0.3) is 11.3 Å². The summed E-state index contributed by atoms with van der Waals surface area (Å²) in [5.41, 5.74) is 2.00. The summed E-state index contributed by atoms with van der Waals surface area (Å²) in [5, 5.41) is 22.7. The molecule has 0 spiro atoms. The van der Waals surface area contributed by atoms with Gasteiger partial charge in [0.25, 0.3) is 0 Å². The number of halogens is 3. The number of aryl methyl sites for hydroxylation is 1. The Bertz CT molecular complexity index is 994. The van der Waals surface area contributed by atoms with Crippen LogP contribution in [0, 0.1) is 38.0 Å². The molecule has 0 unspecified atom stereocenters. The third-order valence-electron chi connectivity index (χ3n) is 5.86. The summed E-state index contributed by atoms with van der Waals surface area (Å²) < 4.78 is 47.6. The molecule has 0 saturated carbocycles. The first kappa shape index (κ1) is 38.2. The Morgan fingerprint density at radius 2 is 1.85 bits per heavy atom. The molecular formula is C29H42F3N3O4U. The third-order valence-corrected chi connectivity index (χ3v) is 5.86. The number of benzene rings is 1. The van der Waals surface area contributed by atoms with Crippen LogP contribution in [0.1, 0.15) is 90.2 Å². The zero-order chi connectivity index (χ0) is 29.3. The molecule has 0 amide bonds. The maximum atomic E-state index is 12.7. The number of anilines is 1. The smallest absolute Gasteiger partial charge is 0.542 e. The van der Waals surface area contributed by atoms with Crippen molar-refractivity contribution in [1.82, 2.24) is 10.2 Å². The van der Waals surface area contributed by atoms with Crippen molar-refractivity contribution < 1.29 is 63.7 Å². The number of nitrogens with one attached hydrogen (secondary N) is 1. The number of aromatic nitrogens is 2. The van der Waals surface area contributed by atoms with E-state index in [1.165, 1.54) is 12.5 Å². The molecule has 2 heterocycles. The van der Waals surface area contributed by atoms with Crippen molar-refractivity contribution in [3.63, 3.8) is 0 Å². The van der Waals surface area contributed by atoms with Crippen LogP contribution in [0.4, 0.5) is 19.0 Å². The van der Waals surface area contributed by atoms with E-state index in [2.05, 4.69) is 41.0 Å². The second kappa shape index (κ2) is 21.0. The van der Waals surface area contributed by atoms with Gasteiger partial charge in [-0.1, -0.05) is 46.5 Å². The largest absolute Gasteiger partial charge is 2.00 e. The van der Waals surface area contributed by atoms with E-state index in [9.17, 15) is 23.1 Å². The van der Waals surface area contributed by atoms with E-state index in [1.54, 1.807) is 13.2 Å². The van der Waals surface area contributed by atoms with Gasteiger partial charge in [-0.15, -0.1) is 23.4 Å². The molecule has 0 aliphatic carbocycles. The Morgan fingerprint density at radius 1 is 1.12 bits per heavy atom. The molecule has 2 aromatic rings. The van der Waals surface area contributed by atoms with Gasteiger partial charge in [0.2, 0.25) is 0 Å². The molecule has 1 atom stereocenters. The number of phenols is 1. The van der Waals surface area contributed by atoms with Gasteiger partial charge in [0, 0.05) is 24.3 Å². The molecule has 7 nitrogen and oxygen atoms in total. The molecule has 2 N–H and O–H groups in total. The molecule has 0 fully saturated rings. The van der Waals surface area contributed by atoms with Gasteiger partial charge in [-0.2, -0.15) is 13.3 Å². The normalized spacial score (nSPS) is 13.1. The van der Waals surface area contributed by atoms with Crippen molar-refractivity contribution in [3.8, 4) is 22.8 Å². The van der Waals surface area contributed by atoms with Gasteiger partial charge >= 0.3 is 37.5 Å². The van der Waals surface area contributed by atoms with Crippen LogP contribution >= 0.6 is 0 Å². The number of carbonyl (C=O) groups excluding carboxylic acids is 1. The number of nitrogens with zero attached hydrogens (tertiary/aromatic N) is 2. The van der Waals surface area contributed by atoms with Crippen molar-refractivity contribution in [3.05, 3.63) is 36.2 Å². The Kier molecular flexibility index (Phi) is 20.0. The van der Waals surface area contributed by atoms with Gasteiger partial charge in [0.1, 0.15) is 23.0 Å². The Morgan fingerprint density at radius 3 is 2.42 bits per heavy atom. The first-order valence-corrected chi connectivity index (χ1v) is 13.6. The van der Waals surface area contributed by atoms with Crippen LogP contribution in [0.2, 0.25) is 0 Å². The van der Waals surface area contributed by atoms with Crippen molar-refractivity contribution in [2.75, 3.05) is 11.9 Å². The van der Waals surface area contributed by atoms with Crippen LogP contribution < -0.4 is 10.1 Å². The second-order valence-corrected chi connectivity index (χ2v) is 8.92. The number of phenolic OH excluding ortho intramolecular Hbond substituents is 1. The van der Waals surface area contributed by atoms with Crippen molar-refractivity contribution in [1.29, 1.82) is 0 Å². The monoisotopic (exact) mass is 791 g/mol. The van der Waals surface area contributed by atoms with Crippen molar-refractivity contribution in [2.24, 2.45) is 0 Å². The zero-order valence-corrected chi connectivity index (χ0v) is 28.2. The van der Waals surface area contributed by atoms with Gasteiger partial charge in [-0.25, -0.2) is 0 Å². The van der Waals surface area contributed by atoms with Gasteiger partial charge in [-0.05, 0) is 48.9 Å². The van der Waals surface area contributed by atoms with E-state index in [0.29, 0.717) is 48.5 Å². The predicted octanol–water partition coefficient (Wildman–Crippen LogP) is 7.72. The summed E-state index contributed by atoms with van der Waals surface area (Å²) in [4.78, 5) is 9.28. The quantitative estimate of drug-likeness (QED) is 0.188. The standard InChI is InChI=1S/C23H30F3N3O3.C4H7O.C2H5.U/c1-3-5-6-9-17(4-2)27-20-12-15-8-7-10-31-14-16-11-18(32-23(24,25)26)13-19(30)21(16)22(15)29-28-20;1-2-3-4-5;1-2;/h11-13,17,30H,3-10,14H2,1-2H3,(H,27,28);2-3H2,1H3;1H2,2H3;/q;2*-1;+2/t17-;;;/m0.../s1. The number of unbranched alkanes of at least 4 members (excludes halogenated alkanes) is 3. The van der Waals surface area contributed by atoms with Gasteiger partial charge < -0.3 is 31.6 Å². The van der Waals surface area contributed by atoms with Crippen molar-refractivity contribution in [2.45, 2.75) is 104 Å². The van der Waals surface area contributed by atoms with E-state index in [4.69, 9.17) is 4.74 Å². The fourth-order valence-electron chi connectivity index (χ4n) is 4.02. The number of alkyl halides is 3. The van der Waals surface area contributed by atoms with Crippen molar-refractivity contribution >= 4 is 12.1 Å².